The molecule has 2 aromatic rings. The highest BCUT2D eigenvalue weighted by molar-refractivity contribution is 9.10. The zero-order valence-corrected chi connectivity index (χ0v) is 11.1. The van der Waals surface area contributed by atoms with Gasteiger partial charge < -0.3 is 15.0 Å². The SMILES string of the molecule is COc1ccc(-c2noc([C@@H](C)N)n2)cc1Br. The third kappa shape index (κ3) is 2.48. The van der Waals surface area contributed by atoms with Crippen LogP contribution in [0, 0.1) is 0 Å². The fraction of sp³-hybridized carbons (Fsp3) is 0.273. The minimum absolute atomic E-state index is 0.266. The smallest absolute Gasteiger partial charge is 0.243 e. The molecular formula is C11H12BrN3O2. The normalized spacial score (nSPS) is 12.5. The van der Waals surface area contributed by atoms with Gasteiger partial charge in [-0.25, -0.2) is 0 Å². The predicted octanol–water partition coefficient (Wildman–Crippen LogP) is 2.53. The summed E-state index contributed by atoms with van der Waals surface area (Å²) in [6.07, 6.45) is 0. The van der Waals surface area contributed by atoms with E-state index in [4.69, 9.17) is 15.0 Å². The Bertz CT molecular complexity index is 525. The third-order valence-electron chi connectivity index (χ3n) is 2.24. The first kappa shape index (κ1) is 12.1. The van der Waals surface area contributed by atoms with E-state index >= 15 is 0 Å². The highest BCUT2D eigenvalue weighted by Gasteiger charge is 2.12. The highest BCUT2D eigenvalue weighted by Crippen LogP contribution is 2.29. The minimum Gasteiger partial charge on any atom is -0.496 e. The van der Waals surface area contributed by atoms with Gasteiger partial charge in [0.15, 0.2) is 0 Å². The van der Waals surface area contributed by atoms with Gasteiger partial charge >= 0.3 is 0 Å². The number of aromatic nitrogens is 2. The first-order chi connectivity index (χ1) is 8.11. The van der Waals surface area contributed by atoms with Crippen LogP contribution >= 0.6 is 15.9 Å². The van der Waals surface area contributed by atoms with Crippen LogP contribution in [0.1, 0.15) is 18.9 Å². The molecule has 90 valence electrons. The molecule has 1 heterocycles. The largest absolute Gasteiger partial charge is 0.496 e. The van der Waals surface area contributed by atoms with E-state index in [-0.39, 0.29) is 6.04 Å². The molecule has 0 bridgehead atoms. The molecule has 6 heteroatoms. The topological polar surface area (TPSA) is 74.2 Å². The summed E-state index contributed by atoms with van der Waals surface area (Å²) < 4.78 is 11.0. The fourth-order valence-electron chi connectivity index (χ4n) is 1.34. The summed E-state index contributed by atoms with van der Waals surface area (Å²) in [5, 5.41) is 3.88. The van der Waals surface area contributed by atoms with Crippen molar-refractivity contribution in [1.29, 1.82) is 0 Å². The molecule has 0 saturated heterocycles. The molecule has 1 aromatic carbocycles. The van der Waals surface area contributed by atoms with Crippen molar-refractivity contribution in [3.8, 4) is 17.1 Å². The lowest BCUT2D eigenvalue weighted by Gasteiger charge is -2.03. The number of hydrogen-bond donors (Lipinski definition) is 1. The Morgan fingerprint density at radius 3 is 2.76 bits per heavy atom. The first-order valence-corrected chi connectivity index (χ1v) is 5.84. The van der Waals surface area contributed by atoms with Crippen molar-refractivity contribution in [3.05, 3.63) is 28.6 Å². The maximum atomic E-state index is 5.66. The summed E-state index contributed by atoms with van der Waals surface area (Å²) in [7, 11) is 1.61. The van der Waals surface area contributed by atoms with E-state index in [1.54, 1.807) is 14.0 Å². The maximum absolute atomic E-state index is 5.66. The molecule has 5 nitrogen and oxygen atoms in total. The van der Waals surface area contributed by atoms with Crippen molar-refractivity contribution < 1.29 is 9.26 Å². The van der Waals surface area contributed by atoms with Crippen molar-refractivity contribution >= 4 is 15.9 Å². The van der Waals surface area contributed by atoms with Crippen molar-refractivity contribution in [2.45, 2.75) is 13.0 Å². The van der Waals surface area contributed by atoms with Crippen molar-refractivity contribution in [2.24, 2.45) is 5.73 Å². The Morgan fingerprint density at radius 2 is 2.24 bits per heavy atom. The van der Waals surface area contributed by atoms with Crippen molar-refractivity contribution in [1.82, 2.24) is 10.1 Å². The van der Waals surface area contributed by atoms with Crippen LogP contribution in [0.4, 0.5) is 0 Å². The van der Waals surface area contributed by atoms with Gasteiger partial charge in [-0.15, -0.1) is 0 Å². The Balaban J connectivity index is 2.36. The molecule has 0 spiro atoms. The Labute approximate surface area is 107 Å². The monoisotopic (exact) mass is 297 g/mol. The van der Waals surface area contributed by atoms with Gasteiger partial charge in [0.1, 0.15) is 5.75 Å². The average molecular weight is 298 g/mol. The van der Waals surface area contributed by atoms with E-state index in [1.165, 1.54) is 0 Å². The average Bonchev–Trinajstić information content (AvgIpc) is 2.78. The maximum Gasteiger partial charge on any atom is 0.243 e. The number of halogens is 1. The van der Waals surface area contributed by atoms with E-state index in [9.17, 15) is 0 Å². The molecule has 0 fully saturated rings. The van der Waals surface area contributed by atoms with Crippen LogP contribution in [-0.4, -0.2) is 17.3 Å². The zero-order chi connectivity index (χ0) is 12.4. The van der Waals surface area contributed by atoms with Crippen LogP contribution in [0.25, 0.3) is 11.4 Å². The number of nitrogens with two attached hydrogens (primary N) is 1. The summed E-state index contributed by atoms with van der Waals surface area (Å²) in [4.78, 5) is 4.21. The van der Waals surface area contributed by atoms with Crippen LogP contribution in [-0.2, 0) is 0 Å². The molecule has 2 N–H and O–H groups in total. The number of ether oxygens (including phenoxy) is 1. The summed E-state index contributed by atoms with van der Waals surface area (Å²) >= 11 is 3.40. The predicted molar refractivity (Wildman–Crippen MR) is 66.6 cm³/mol. The molecule has 0 aliphatic carbocycles. The summed E-state index contributed by atoms with van der Waals surface area (Å²) in [5.41, 5.74) is 6.50. The fourth-order valence-corrected chi connectivity index (χ4v) is 1.88. The second-order valence-electron chi connectivity index (χ2n) is 3.59. The van der Waals surface area contributed by atoms with Crippen LogP contribution in [0.5, 0.6) is 5.75 Å². The van der Waals surface area contributed by atoms with Crippen molar-refractivity contribution in [3.63, 3.8) is 0 Å². The Hall–Kier alpha value is -1.40. The number of nitrogens with zero attached hydrogens (tertiary/aromatic N) is 2. The van der Waals surface area contributed by atoms with Gasteiger partial charge in [-0.1, -0.05) is 5.16 Å². The number of benzene rings is 1. The van der Waals surface area contributed by atoms with E-state index < -0.39 is 0 Å². The summed E-state index contributed by atoms with van der Waals surface area (Å²) in [5.74, 6) is 1.69. The molecule has 0 aliphatic rings. The van der Waals surface area contributed by atoms with E-state index in [0.717, 1.165) is 15.8 Å². The van der Waals surface area contributed by atoms with E-state index in [2.05, 4.69) is 26.1 Å². The summed E-state index contributed by atoms with van der Waals surface area (Å²) in [6, 6.07) is 5.30. The van der Waals surface area contributed by atoms with Crippen LogP contribution in [0.3, 0.4) is 0 Å². The molecule has 0 aliphatic heterocycles. The first-order valence-electron chi connectivity index (χ1n) is 5.05. The van der Waals surface area contributed by atoms with Gasteiger partial charge in [0.05, 0.1) is 17.6 Å². The van der Waals surface area contributed by atoms with E-state index in [0.29, 0.717) is 11.7 Å². The number of hydrogen-bond acceptors (Lipinski definition) is 5. The standard InChI is InChI=1S/C11H12BrN3O2/c1-6(13)11-14-10(15-17-11)7-3-4-9(16-2)8(12)5-7/h3-6H,13H2,1-2H3/t6-/m1/s1. The van der Waals surface area contributed by atoms with Crippen LogP contribution < -0.4 is 10.5 Å². The Morgan fingerprint density at radius 1 is 1.47 bits per heavy atom. The Kier molecular flexibility index (Phi) is 3.44. The lowest BCUT2D eigenvalue weighted by Crippen LogP contribution is -2.04. The number of rotatable bonds is 3. The van der Waals surface area contributed by atoms with Crippen LogP contribution in [0.15, 0.2) is 27.2 Å². The second-order valence-corrected chi connectivity index (χ2v) is 4.45. The zero-order valence-electron chi connectivity index (χ0n) is 9.48. The van der Waals surface area contributed by atoms with Gasteiger partial charge in [0, 0.05) is 5.56 Å². The lowest BCUT2D eigenvalue weighted by atomic mass is 10.2. The van der Waals surface area contributed by atoms with Gasteiger partial charge in [0.2, 0.25) is 11.7 Å². The lowest BCUT2D eigenvalue weighted by molar-refractivity contribution is 0.362. The van der Waals surface area contributed by atoms with Gasteiger partial charge in [-0.05, 0) is 41.1 Å². The second kappa shape index (κ2) is 4.85. The minimum atomic E-state index is -0.266. The molecule has 17 heavy (non-hydrogen) atoms. The quantitative estimate of drug-likeness (QED) is 0.942. The molecule has 1 aromatic heterocycles. The molecule has 0 saturated carbocycles. The molecular weight excluding hydrogens is 286 g/mol. The molecule has 0 radical (unpaired) electrons. The van der Waals surface area contributed by atoms with Gasteiger partial charge in [-0.2, -0.15) is 4.98 Å². The van der Waals surface area contributed by atoms with Crippen molar-refractivity contribution in [2.75, 3.05) is 7.11 Å². The molecule has 0 amide bonds. The van der Waals surface area contributed by atoms with Gasteiger partial charge in [-0.3, -0.25) is 0 Å². The summed E-state index contributed by atoms with van der Waals surface area (Å²) in [6.45, 7) is 1.79. The van der Waals surface area contributed by atoms with E-state index in [1.807, 2.05) is 18.2 Å². The molecule has 2 rings (SSSR count). The molecule has 0 unspecified atom stereocenters. The molecule has 1 atom stereocenters. The van der Waals surface area contributed by atoms with Gasteiger partial charge in [0.25, 0.3) is 0 Å². The number of methoxy groups -OCH3 is 1. The highest BCUT2D eigenvalue weighted by atomic mass is 79.9. The third-order valence-corrected chi connectivity index (χ3v) is 2.86. The van der Waals surface area contributed by atoms with Crippen LogP contribution in [0.2, 0.25) is 0 Å².